The molecule has 0 spiro atoms. The Labute approximate surface area is 115 Å². The standard InChI is InChI=1S/C13H13N5O2/c1-3-4-5-10-12(13(14)19)17-18(16-10)9-6-7-15-11(8-9)20-2/h6-8H,3H2,1-2H3,(H2,14,19). The van der Waals surface area contributed by atoms with E-state index in [-0.39, 0.29) is 11.4 Å². The molecular formula is C13H13N5O2. The third-order valence-electron chi connectivity index (χ3n) is 2.39. The Morgan fingerprint density at radius 1 is 1.50 bits per heavy atom. The van der Waals surface area contributed by atoms with Gasteiger partial charge in [0.15, 0.2) is 11.4 Å². The predicted octanol–water partition coefficient (Wildman–Crippen LogP) is 0.531. The third-order valence-corrected chi connectivity index (χ3v) is 2.39. The fraction of sp³-hybridized carbons (Fsp3) is 0.231. The second-order valence-electron chi connectivity index (χ2n) is 3.76. The van der Waals surface area contributed by atoms with Crippen LogP contribution in [0.15, 0.2) is 18.3 Å². The summed E-state index contributed by atoms with van der Waals surface area (Å²) in [5, 5.41) is 8.22. The SMILES string of the molecule is CCC#Cc1nn(-c2ccnc(OC)c2)nc1C(N)=O. The van der Waals surface area contributed by atoms with Gasteiger partial charge < -0.3 is 10.5 Å². The first-order chi connectivity index (χ1) is 9.65. The van der Waals surface area contributed by atoms with E-state index in [2.05, 4.69) is 27.0 Å². The van der Waals surface area contributed by atoms with Gasteiger partial charge in [0.25, 0.3) is 5.91 Å². The van der Waals surface area contributed by atoms with Crippen molar-refractivity contribution in [2.75, 3.05) is 7.11 Å². The number of ether oxygens (including phenoxy) is 1. The number of carbonyl (C=O) groups is 1. The molecule has 7 nitrogen and oxygen atoms in total. The number of hydrogen-bond donors (Lipinski definition) is 1. The number of carbonyl (C=O) groups excluding carboxylic acids is 1. The molecular weight excluding hydrogens is 258 g/mol. The zero-order chi connectivity index (χ0) is 14.5. The molecule has 2 N–H and O–H groups in total. The zero-order valence-corrected chi connectivity index (χ0v) is 11.1. The first-order valence-electron chi connectivity index (χ1n) is 5.92. The first kappa shape index (κ1) is 13.5. The van der Waals surface area contributed by atoms with Crippen LogP contribution in [0.2, 0.25) is 0 Å². The molecule has 1 amide bonds. The van der Waals surface area contributed by atoms with Crippen molar-refractivity contribution >= 4 is 5.91 Å². The summed E-state index contributed by atoms with van der Waals surface area (Å²) >= 11 is 0. The van der Waals surface area contributed by atoms with Crippen LogP contribution in [-0.4, -0.2) is 33.0 Å². The Hall–Kier alpha value is -2.88. The van der Waals surface area contributed by atoms with Gasteiger partial charge in [-0.05, 0) is 12.0 Å². The topological polar surface area (TPSA) is 95.9 Å². The van der Waals surface area contributed by atoms with Gasteiger partial charge in [-0.3, -0.25) is 4.79 Å². The molecule has 0 aromatic carbocycles. The largest absolute Gasteiger partial charge is 0.481 e. The van der Waals surface area contributed by atoms with E-state index < -0.39 is 5.91 Å². The minimum atomic E-state index is -0.669. The Bertz CT molecular complexity index is 696. The van der Waals surface area contributed by atoms with Crippen LogP contribution in [0.5, 0.6) is 5.88 Å². The van der Waals surface area contributed by atoms with Crippen LogP contribution >= 0.6 is 0 Å². The molecule has 7 heteroatoms. The maximum absolute atomic E-state index is 11.4. The summed E-state index contributed by atoms with van der Waals surface area (Å²) in [7, 11) is 1.51. The Morgan fingerprint density at radius 2 is 2.30 bits per heavy atom. The van der Waals surface area contributed by atoms with Crippen LogP contribution < -0.4 is 10.5 Å². The van der Waals surface area contributed by atoms with Gasteiger partial charge in [-0.1, -0.05) is 12.8 Å². The van der Waals surface area contributed by atoms with E-state index in [9.17, 15) is 4.79 Å². The third kappa shape index (κ3) is 2.75. The summed E-state index contributed by atoms with van der Waals surface area (Å²) in [5.74, 6) is 5.36. The molecule has 0 bridgehead atoms. The maximum atomic E-state index is 11.4. The van der Waals surface area contributed by atoms with E-state index in [0.29, 0.717) is 18.0 Å². The van der Waals surface area contributed by atoms with Crippen molar-refractivity contribution in [1.29, 1.82) is 0 Å². The molecule has 0 fully saturated rings. The number of nitrogens with two attached hydrogens (primary N) is 1. The molecule has 0 unspecified atom stereocenters. The van der Waals surface area contributed by atoms with Crippen molar-refractivity contribution in [2.24, 2.45) is 5.73 Å². The van der Waals surface area contributed by atoms with Crippen LogP contribution in [-0.2, 0) is 0 Å². The zero-order valence-electron chi connectivity index (χ0n) is 11.1. The fourth-order valence-corrected chi connectivity index (χ4v) is 1.48. The molecule has 20 heavy (non-hydrogen) atoms. The molecule has 0 aliphatic carbocycles. The number of hydrogen-bond acceptors (Lipinski definition) is 5. The average molecular weight is 271 g/mol. The lowest BCUT2D eigenvalue weighted by Crippen LogP contribution is -2.13. The summed E-state index contributed by atoms with van der Waals surface area (Å²) in [5.41, 5.74) is 6.18. The van der Waals surface area contributed by atoms with Gasteiger partial charge in [0.05, 0.1) is 12.8 Å². The number of nitrogens with zero attached hydrogens (tertiary/aromatic N) is 4. The van der Waals surface area contributed by atoms with Crippen molar-refractivity contribution in [3.63, 3.8) is 0 Å². The molecule has 0 saturated heterocycles. The normalized spacial score (nSPS) is 9.70. The van der Waals surface area contributed by atoms with E-state index in [1.165, 1.54) is 11.9 Å². The van der Waals surface area contributed by atoms with Gasteiger partial charge in [0, 0.05) is 18.7 Å². The van der Waals surface area contributed by atoms with Crippen LogP contribution in [0.3, 0.4) is 0 Å². The monoisotopic (exact) mass is 271 g/mol. The molecule has 0 aliphatic heterocycles. The summed E-state index contributed by atoms with van der Waals surface area (Å²) in [4.78, 5) is 16.6. The molecule has 2 aromatic rings. The first-order valence-corrected chi connectivity index (χ1v) is 5.92. The Kier molecular flexibility index (Phi) is 3.96. The molecule has 0 radical (unpaired) electrons. The van der Waals surface area contributed by atoms with Gasteiger partial charge in [0.2, 0.25) is 5.88 Å². The Balaban J connectivity index is 2.49. The smallest absolute Gasteiger partial charge is 0.272 e. The van der Waals surface area contributed by atoms with Crippen molar-refractivity contribution in [3.8, 4) is 23.4 Å². The summed E-state index contributed by atoms with van der Waals surface area (Å²) in [6.45, 7) is 1.90. The highest BCUT2D eigenvalue weighted by Crippen LogP contribution is 2.13. The van der Waals surface area contributed by atoms with Crippen LogP contribution in [0.25, 0.3) is 5.69 Å². The fourth-order valence-electron chi connectivity index (χ4n) is 1.48. The lowest BCUT2D eigenvalue weighted by atomic mass is 10.3. The number of pyridine rings is 1. The average Bonchev–Trinajstić information content (AvgIpc) is 2.89. The summed E-state index contributed by atoms with van der Waals surface area (Å²) < 4.78 is 5.03. The van der Waals surface area contributed by atoms with Crippen LogP contribution in [0, 0.1) is 11.8 Å². The predicted molar refractivity (Wildman–Crippen MR) is 71.4 cm³/mol. The second-order valence-corrected chi connectivity index (χ2v) is 3.76. The number of rotatable bonds is 3. The molecule has 102 valence electrons. The van der Waals surface area contributed by atoms with E-state index >= 15 is 0 Å². The van der Waals surface area contributed by atoms with E-state index in [1.807, 2.05) is 6.92 Å². The molecule has 2 heterocycles. The molecule has 0 saturated carbocycles. The lowest BCUT2D eigenvalue weighted by molar-refractivity contribution is 0.0995. The highest BCUT2D eigenvalue weighted by Gasteiger charge is 2.15. The van der Waals surface area contributed by atoms with E-state index in [4.69, 9.17) is 10.5 Å². The van der Waals surface area contributed by atoms with Crippen molar-refractivity contribution in [2.45, 2.75) is 13.3 Å². The number of aromatic nitrogens is 4. The quantitative estimate of drug-likeness (QED) is 0.821. The second kappa shape index (κ2) is 5.84. The molecule has 2 aromatic heterocycles. The summed E-state index contributed by atoms with van der Waals surface area (Å²) in [6.07, 6.45) is 2.20. The number of primary amides is 1. The van der Waals surface area contributed by atoms with Gasteiger partial charge in [0.1, 0.15) is 0 Å². The Morgan fingerprint density at radius 3 is 2.95 bits per heavy atom. The lowest BCUT2D eigenvalue weighted by Gasteiger charge is -2.01. The van der Waals surface area contributed by atoms with Crippen molar-refractivity contribution in [3.05, 3.63) is 29.7 Å². The van der Waals surface area contributed by atoms with Gasteiger partial charge in [-0.25, -0.2) is 4.98 Å². The number of methoxy groups -OCH3 is 1. The van der Waals surface area contributed by atoms with Crippen LogP contribution in [0.4, 0.5) is 0 Å². The molecule has 2 rings (SSSR count). The maximum Gasteiger partial charge on any atom is 0.272 e. The minimum absolute atomic E-state index is 0.0433. The van der Waals surface area contributed by atoms with Crippen LogP contribution in [0.1, 0.15) is 29.5 Å². The van der Waals surface area contributed by atoms with E-state index in [1.54, 1.807) is 18.3 Å². The van der Waals surface area contributed by atoms with Gasteiger partial charge >= 0.3 is 0 Å². The van der Waals surface area contributed by atoms with Gasteiger partial charge in [-0.15, -0.1) is 15.0 Å². The minimum Gasteiger partial charge on any atom is -0.481 e. The highest BCUT2D eigenvalue weighted by atomic mass is 16.5. The van der Waals surface area contributed by atoms with Crippen molar-refractivity contribution in [1.82, 2.24) is 20.0 Å². The summed E-state index contributed by atoms with van der Waals surface area (Å²) in [6, 6.07) is 3.33. The number of amides is 1. The van der Waals surface area contributed by atoms with E-state index in [0.717, 1.165) is 0 Å². The molecule has 0 aliphatic rings. The van der Waals surface area contributed by atoms with Gasteiger partial charge in [-0.2, -0.15) is 0 Å². The molecule has 0 atom stereocenters. The van der Waals surface area contributed by atoms with Crippen molar-refractivity contribution < 1.29 is 9.53 Å². The highest BCUT2D eigenvalue weighted by molar-refractivity contribution is 5.92.